The van der Waals surface area contributed by atoms with Gasteiger partial charge in [-0.15, -0.1) is 0 Å². The molecule has 0 fully saturated rings. The summed E-state index contributed by atoms with van der Waals surface area (Å²) >= 11 is 6.30. The van der Waals surface area contributed by atoms with Gasteiger partial charge in [-0.25, -0.2) is 24.1 Å². The van der Waals surface area contributed by atoms with Gasteiger partial charge in [0.1, 0.15) is 12.8 Å². The van der Waals surface area contributed by atoms with Gasteiger partial charge in [-0.1, -0.05) is 23.7 Å². The Morgan fingerprint density at radius 3 is 2.73 bits per heavy atom. The Morgan fingerprint density at radius 2 is 2.03 bits per heavy atom. The molecule has 4 aromatic rings. The number of para-hydroxylation sites is 1. The normalized spacial score (nSPS) is 11.2. The van der Waals surface area contributed by atoms with Crippen LogP contribution < -0.4 is 11.2 Å². The number of hydrogen-bond acceptors (Lipinski definition) is 7. The monoisotopic (exact) mass is 429 g/mol. The Labute approximate surface area is 173 Å². The second-order valence-corrected chi connectivity index (χ2v) is 6.69. The van der Waals surface area contributed by atoms with E-state index in [2.05, 4.69) is 14.7 Å². The maximum absolute atomic E-state index is 13.0. The lowest BCUT2D eigenvalue weighted by molar-refractivity contribution is 0.0594. The van der Waals surface area contributed by atoms with Gasteiger partial charge in [0.15, 0.2) is 16.9 Å². The van der Waals surface area contributed by atoms with Crippen molar-refractivity contribution >= 4 is 28.7 Å². The number of ether oxygens (including phenoxy) is 1. The van der Waals surface area contributed by atoms with Crippen LogP contribution in [-0.4, -0.2) is 36.7 Å². The van der Waals surface area contributed by atoms with Gasteiger partial charge in [0.05, 0.1) is 24.1 Å². The Balaban J connectivity index is 1.92. The molecule has 30 heavy (non-hydrogen) atoms. The van der Waals surface area contributed by atoms with E-state index < -0.39 is 17.2 Å². The van der Waals surface area contributed by atoms with E-state index in [1.807, 2.05) is 0 Å². The van der Waals surface area contributed by atoms with Crippen LogP contribution in [0.1, 0.15) is 23.3 Å². The number of rotatable bonds is 5. The summed E-state index contributed by atoms with van der Waals surface area (Å²) in [5.41, 5.74) is -0.297. The van der Waals surface area contributed by atoms with Crippen LogP contribution in [0.25, 0.3) is 16.9 Å². The van der Waals surface area contributed by atoms with Crippen LogP contribution in [0.15, 0.2) is 50.9 Å². The maximum Gasteiger partial charge on any atom is 0.360 e. The van der Waals surface area contributed by atoms with Gasteiger partial charge in [0.25, 0.3) is 5.56 Å². The Hall–Kier alpha value is -3.66. The number of nitrogens with zero attached hydrogens (tertiary/aromatic N) is 5. The zero-order valence-corrected chi connectivity index (χ0v) is 16.8. The summed E-state index contributed by atoms with van der Waals surface area (Å²) in [6.07, 6.45) is 2.57. The Bertz CT molecular complexity index is 1380. The van der Waals surface area contributed by atoms with E-state index in [4.69, 9.17) is 16.0 Å². The van der Waals surface area contributed by atoms with Crippen molar-refractivity contribution in [2.45, 2.75) is 20.0 Å². The minimum absolute atomic E-state index is 0.0101. The summed E-state index contributed by atoms with van der Waals surface area (Å²) in [7, 11) is 1.24. The third kappa shape index (κ3) is 3.11. The van der Waals surface area contributed by atoms with Crippen LogP contribution in [0.4, 0.5) is 0 Å². The molecule has 0 saturated heterocycles. The van der Waals surface area contributed by atoms with E-state index in [9.17, 15) is 14.4 Å². The molecule has 0 radical (unpaired) electrons. The van der Waals surface area contributed by atoms with Gasteiger partial charge >= 0.3 is 11.7 Å². The molecule has 154 valence electrons. The number of halogens is 1. The SMILES string of the molecule is CCn1c(=O)c2c(ncn2Cc2nc(C(=O)OC)co2)n(-c2ccccc2Cl)c1=O. The highest BCUT2D eigenvalue weighted by Gasteiger charge is 2.21. The molecule has 11 heteroatoms. The highest BCUT2D eigenvalue weighted by molar-refractivity contribution is 6.32. The largest absolute Gasteiger partial charge is 0.464 e. The second kappa shape index (κ2) is 7.64. The topological polar surface area (TPSA) is 114 Å². The smallest absolute Gasteiger partial charge is 0.360 e. The van der Waals surface area contributed by atoms with Crippen molar-refractivity contribution < 1.29 is 13.9 Å². The van der Waals surface area contributed by atoms with Crippen molar-refractivity contribution in [3.05, 3.63) is 74.3 Å². The van der Waals surface area contributed by atoms with Crippen LogP contribution in [0.3, 0.4) is 0 Å². The minimum atomic E-state index is -0.638. The molecule has 0 N–H and O–H groups in total. The van der Waals surface area contributed by atoms with Gasteiger partial charge in [0, 0.05) is 6.54 Å². The fourth-order valence-corrected chi connectivity index (χ4v) is 3.38. The Kier molecular flexibility index (Phi) is 5.00. The van der Waals surface area contributed by atoms with E-state index in [1.54, 1.807) is 31.2 Å². The molecule has 0 aliphatic carbocycles. The quantitative estimate of drug-likeness (QED) is 0.444. The molecule has 0 unspecified atom stereocenters. The molecule has 0 atom stereocenters. The molecule has 0 aliphatic heterocycles. The fourth-order valence-electron chi connectivity index (χ4n) is 3.16. The zero-order valence-electron chi connectivity index (χ0n) is 16.0. The molecule has 0 saturated carbocycles. The number of hydrogen-bond donors (Lipinski definition) is 0. The predicted molar refractivity (Wildman–Crippen MR) is 107 cm³/mol. The number of imidazole rings is 1. The number of aromatic nitrogens is 5. The average Bonchev–Trinajstić information content (AvgIpc) is 3.37. The van der Waals surface area contributed by atoms with Gasteiger partial charge in [0.2, 0.25) is 5.89 Å². The molecule has 0 amide bonds. The standard InChI is InChI=1S/C19H16ClN5O5/c1-3-24-17(26)15-16(25(19(24)28)13-7-5-4-6-11(13)20)21-10-23(15)8-14-22-12(9-30-14)18(27)29-2/h4-7,9-10H,3,8H2,1-2H3. The Morgan fingerprint density at radius 1 is 1.27 bits per heavy atom. The van der Waals surface area contributed by atoms with Crippen molar-refractivity contribution in [1.82, 2.24) is 23.7 Å². The summed E-state index contributed by atoms with van der Waals surface area (Å²) in [5, 5.41) is 0.340. The number of oxazole rings is 1. The van der Waals surface area contributed by atoms with E-state index >= 15 is 0 Å². The molecule has 1 aromatic carbocycles. The summed E-state index contributed by atoms with van der Waals surface area (Å²) in [4.78, 5) is 45.9. The first-order valence-corrected chi connectivity index (χ1v) is 9.32. The minimum Gasteiger partial charge on any atom is -0.464 e. The molecule has 0 bridgehead atoms. The maximum atomic E-state index is 13.0. The van der Waals surface area contributed by atoms with Gasteiger partial charge in [-0.3, -0.25) is 9.36 Å². The lowest BCUT2D eigenvalue weighted by Gasteiger charge is -2.12. The first-order valence-electron chi connectivity index (χ1n) is 8.94. The highest BCUT2D eigenvalue weighted by Crippen LogP contribution is 2.21. The van der Waals surface area contributed by atoms with Gasteiger partial charge < -0.3 is 13.7 Å². The van der Waals surface area contributed by atoms with Crippen molar-refractivity contribution in [3.8, 4) is 5.69 Å². The van der Waals surface area contributed by atoms with E-state index in [-0.39, 0.29) is 35.8 Å². The first-order chi connectivity index (χ1) is 14.5. The predicted octanol–water partition coefficient (Wildman–Crippen LogP) is 1.85. The van der Waals surface area contributed by atoms with Crippen LogP contribution in [-0.2, 0) is 17.8 Å². The molecular weight excluding hydrogens is 414 g/mol. The van der Waals surface area contributed by atoms with Crippen LogP contribution >= 0.6 is 11.6 Å². The second-order valence-electron chi connectivity index (χ2n) is 6.28. The molecule has 10 nitrogen and oxygen atoms in total. The van der Waals surface area contributed by atoms with Crippen LogP contribution in [0.5, 0.6) is 0 Å². The average molecular weight is 430 g/mol. The number of esters is 1. The molecule has 0 spiro atoms. The zero-order chi connectivity index (χ0) is 21.4. The number of fused-ring (bicyclic) bond motifs is 1. The highest BCUT2D eigenvalue weighted by atomic mass is 35.5. The van der Waals surface area contributed by atoms with Gasteiger partial charge in [-0.2, -0.15) is 0 Å². The third-order valence-electron chi connectivity index (χ3n) is 4.56. The third-order valence-corrected chi connectivity index (χ3v) is 4.88. The van der Waals surface area contributed by atoms with Crippen molar-refractivity contribution in [1.29, 1.82) is 0 Å². The fraction of sp³-hybridized carbons (Fsp3) is 0.211. The number of methoxy groups -OCH3 is 1. The van der Waals surface area contributed by atoms with E-state index in [0.29, 0.717) is 10.7 Å². The molecular formula is C19H16ClN5O5. The van der Waals surface area contributed by atoms with Crippen molar-refractivity contribution in [2.24, 2.45) is 0 Å². The number of carbonyl (C=O) groups is 1. The number of benzene rings is 1. The van der Waals surface area contributed by atoms with E-state index in [1.165, 1.54) is 28.8 Å². The molecule has 3 heterocycles. The lowest BCUT2D eigenvalue weighted by Crippen LogP contribution is -2.39. The summed E-state index contributed by atoms with van der Waals surface area (Å²) < 4.78 is 13.8. The lowest BCUT2D eigenvalue weighted by atomic mass is 10.3. The summed E-state index contributed by atoms with van der Waals surface area (Å²) in [6, 6.07) is 6.79. The van der Waals surface area contributed by atoms with Crippen molar-refractivity contribution in [2.75, 3.05) is 7.11 Å². The first kappa shape index (κ1) is 19.6. The van der Waals surface area contributed by atoms with Crippen LogP contribution in [0.2, 0.25) is 5.02 Å². The molecule has 3 aromatic heterocycles. The molecule has 0 aliphatic rings. The summed E-state index contributed by atoms with van der Waals surface area (Å²) in [5.74, 6) is -0.464. The van der Waals surface area contributed by atoms with E-state index in [0.717, 1.165) is 4.57 Å². The molecule has 4 rings (SSSR count). The number of carbonyl (C=O) groups excluding carboxylic acids is 1. The van der Waals surface area contributed by atoms with Crippen molar-refractivity contribution in [3.63, 3.8) is 0 Å². The summed E-state index contributed by atoms with van der Waals surface area (Å²) in [6.45, 7) is 1.88. The van der Waals surface area contributed by atoms with Crippen LogP contribution in [0, 0.1) is 0 Å². The van der Waals surface area contributed by atoms with Gasteiger partial charge in [-0.05, 0) is 19.1 Å².